The van der Waals surface area contributed by atoms with E-state index in [2.05, 4.69) is 28.4 Å². The first-order valence-electron chi connectivity index (χ1n) is 7.91. The highest BCUT2D eigenvalue weighted by molar-refractivity contribution is 6.57. The molecule has 2 atom stereocenters. The van der Waals surface area contributed by atoms with Crippen molar-refractivity contribution < 1.29 is 18.0 Å². The molecule has 129 valence electrons. The number of amides is 1. The first kappa shape index (κ1) is 17.0. The molecule has 2 aromatic rings. The van der Waals surface area contributed by atoms with Crippen LogP contribution in [0.2, 0.25) is 18.6 Å². The third-order valence-corrected chi connectivity index (χ3v) is 6.78. The van der Waals surface area contributed by atoms with E-state index in [0.29, 0.717) is 16.4 Å². The van der Waals surface area contributed by atoms with Gasteiger partial charge in [0.25, 0.3) is 5.91 Å². The fourth-order valence-corrected chi connectivity index (χ4v) is 4.71. The summed E-state index contributed by atoms with van der Waals surface area (Å²) in [7, 11) is -0.357. The molecule has 1 fully saturated rings. The van der Waals surface area contributed by atoms with Gasteiger partial charge in [0.15, 0.2) is 0 Å². The summed E-state index contributed by atoms with van der Waals surface area (Å²) in [6, 6.07) is 2.55. The highest BCUT2D eigenvalue weighted by Gasteiger charge is 2.33. The van der Waals surface area contributed by atoms with Crippen molar-refractivity contribution in [2.45, 2.75) is 50.1 Å². The quantitative estimate of drug-likeness (QED) is 0.819. The van der Waals surface area contributed by atoms with Gasteiger partial charge in [0.2, 0.25) is 0 Å². The Balaban J connectivity index is 1.74. The smallest absolute Gasteiger partial charge is 0.349 e. The summed E-state index contributed by atoms with van der Waals surface area (Å²) in [6.45, 7) is 4.56. The van der Waals surface area contributed by atoms with Crippen molar-refractivity contribution in [3.63, 3.8) is 0 Å². The average molecular weight is 354 g/mol. The fourth-order valence-electron chi connectivity index (χ4n) is 3.21. The molecule has 2 unspecified atom stereocenters. The molecular weight excluding hydrogens is 335 g/mol. The molecule has 0 aliphatic heterocycles. The van der Waals surface area contributed by atoms with Crippen LogP contribution in [0.25, 0.3) is 10.9 Å². The van der Waals surface area contributed by atoms with Crippen LogP contribution in [0, 0.1) is 0 Å². The lowest BCUT2D eigenvalue weighted by Crippen LogP contribution is -2.33. The zero-order valence-corrected chi connectivity index (χ0v) is 14.5. The number of nitrogens with one attached hydrogen (secondary N) is 2. The maximum atomic E-state index is 12.7. The molecular formula is C16H19F3N3OSi. The van der Waals surface area contributed by atoms with Crippen LogP contribution in [0.4, 0.5) is 13.2 Å². The number of nitrogens with zero attached hydrogens (tertiary/aromatic N) is 1. The molecule has 0 aromatic carbocycles. The van der Waals surface area contributed by atoms with Crippen LogP contribution in [0.3, 0.4) is 0 Å². The summed E-state index contributed by atoms with van der Waals surface area (Å²) in [4.78, 5) is 18.6. The van der Waals surface area contributed by atoms with Gasteiger partial charge in [0.05, 0.1) is 11.7 Å². The second kappa shape index (κ2) is 6.23. The van der Waals surface area contributed by atoms with Gasteiger partial charge in [-0.25, -0.2) is 4.98 Å². The Kier molecular flexibility index (Phi) is 4.42. The van der Waals surface area contributed by atoms with E-state index in [1.54, 1.807) is 0 Å². The second-order valence-corrected chi connectivity index (χ2v) is 9.57. The number of hydrogen-bond donors (Lipinski definition) is 2. The maximum Gasteiger partial charge on any atom is 0.433 e. The van der Waals surface area contributed by atoms with Crippen molar-refractivity contribution in [3.05, 3.63) is 29.7 Å². The van der Waals surface area contributed by atoms with Crippen LogP contribution in [0.5, 0.6) is 0 Å². The monoisotopic (exact) mass is 354 g/mol. The molecule has 4 nitrogen and oxygen atoms in total. The number of alkyl halides is 3. The first-order chi connectivity index (χ1) is 11.2. The molecule has 2 N–H and O–H groups in total. The minimum atomic E-state index is -4.49. The molecule has 0 spiro atoms. The molecule has 0 bridgehead atoms. The Bertz CT molecular complexity index is 757. The maximum absolute atomic E-state index is 12.7. The summed E-state index contributed by atoms with van der Waals surface area (Å²) in [5.74, 6) is -0.272. The number of halogens is 3. The first-order valence-corrected chi connectivity index (χ1v) is 10.5. The van der Waals surface area contributed by atoms with Gasteiger partial charge in [-0.05, 0) is 30.5 Å². The van der Waals surface area contributed by atoms with E-state index in [0.717, 1.165) is 31.5 Å². The van der Waals surface area contributed by atoms with Gasteiger partial charge in [-0.1, -0.05) is 19.5 Å². The molecule has 24 heavy (non-hydrogen) atoms. The molecule has 2 heterocycles. The van der Waals surface area contributed by atoms with E-state index in [1.165, 1.54) is 6.07 Å². The van der Waals surface area contributed by atoms with Crippen molar-refractivity contribution in [1.29, 1.82) is 0 Å². The molecule has 3 rings (SSSR count). The number of carbonyl (C=O) groups excluding carboxylic acids is 1. The Morgan fingerprint density at radius 1 is 1.33 bits per heavy atom. The predicted octanol–water partition coefficient (Wildman–Crippen LogP) is 3.99. The summed E-state index contributed by atoms with van der Waals surface area (Å²) < 4.78 is 38.1. The number of rotatable bonds is 3. The Hall–Kier alpha value is -1.83. The second-order valence-electron chi connectivity index (χ2n) is 6.60. The van der Waals surface area contributed by atoms with Crippen LogP contribution in [0.15, 0.2) is 18.3 Å². The molecule has 1 amide bonds. The fraction of sp³-hybridized carbons (Fsp3) is 0.500. The largest absolute Gasteiger partial charge is 0.433 e. The van der Waals surface area contributed by atoms with Gasteiger partial charge in [0.1, 0.15) is 11.4 Å². The number of carbonyl (C=O) groups is 1. The lowest BCUT2D eigenvalue weighted by Gasteiger charge is -2.14. The van der Waals surface area contributed by atoms with E-state index in [4.69, 9.17) is 0 Å². The van der Waals surface area contributed by atoms with E-state index in [1.807, 2.05) is 0 Å². The SMILES string of the molecule is C[Si](C)C1CCC(NC(=O)c2cc3cc(C(F)(F)F)ncc3[nH]2)C1. The highest BCUT2D eigenvalue weighted by Crippen LogP contribution is 2.33. The third-order valence-electron chi connectivity index (χ3n) is 4.62. The van der Waals surface area contributed by atoms with Gasteiger partial charge in [-0.3, -0.25) is 4.79 Å². The van der Waals surface area contributed by atoms with Crippen LogP contribution in [0.1, 0.15) is 35.4 Å². The van der Waals surface area contributed by atoms with Gasteiger partial charge in [-0.15, -0.1) is 0 Å². The molecule has 2 aromatic heterocycles. The average Bonchev–Trinajstić information content (AvgIpc) is 3.11. The Morgan fingerprint density at radius 2 is 2.08 bits per heavy atom. The van der Waals surface area contributed by atoms with Crippen molar-refractivity contribution in [1.82, 2.24) is 15.3 Å². The lowest BCUT2D eigenvalue weighted by atomic mass is 10.2. The van der Waals surface area contributed by atoms with Crippen molar-refractivity contribution in [2.24, 2.45) is 0 Å². The molecule has 1 radical (unpaired) electrons. The van der Waals surface area contributed by atoms with Gasteiger partial charge >= 0.3 is 6.18 Å². The third kappa shape index (κ3) is 3.48. The zero-order chi connectivity index (χ0) is 17.5. The molecule has 1 aliphatic carbocycles. The van der Waals surface area contributed by atoms with Crippen molar-refractivity contribution in [3.8, 4) is 0 Å². The Morgan fingerprint density at radius 3 is 2.71 bits per heavy atom. The Labute approximate surface area is 139 Å². The number of H-pyrrole nitrogens is 1. The molecule has 1 saturated carbocycles. The topological polar surface area (TPSA) is 57.8 Å². The number of hydrogen-bond acceptors (Lipinski definition) is 2. The lowest BCUT2D eigenvalue weighted by molar-refractivity contribution is -0.141. The zero-order valence-electron chi connectivity index (χ0n) is 13.5. The summed E-state index contributed by atoms with van der Waals surface area (Å²) in [6.07, 6.45) is -0.285. The van der Waals surface area contributed by atoms with Crippen LogP contribution in [-0.4, -0.2) is 30.7 Å². The van der Waals surface area contributed by atoms with E-state index in [9.17, 15) is 18.0 Å². The van der Waals surface area contributed by atoms with Crippen LogP contribution in [-0.2, 0) is 6.18 Å². The number of pyridine rings is 1. The van der Waals surface area contributed by atoms with Crippen molar-refractivity contribution >= 4 is 25.6 Å². The molecule has 0 saturated heterocycles. The minimum Gasteiger partial charge on any atom is -0.349 e. The van der Waals surface area contributed by atoms with E-state index >= 15 is 0 Å². The van der Waals surface area contributed by atoms with Gasteiger partial charge < -0.3 is 10.3 Å². The van der Waals surface area contributed by atoms with Gasteiger partial charge in [-0.2, -0.15) is 13.2 Å². The number of aromatic amines is 1. The highest BCUT2D eigenvalue weighted by atomic mass is 28.3. The van der Waals surface area contributed by atoms with Crippen LogP contribution >= 0.6 is 0 Å². The predicted molar refractivity (Wildman–Crippen MR) is 87.4 cm³/mol. The minimum absolute atomic E-state index is 0.151. The van der Waals surface area contributed by atoms with E-state index < -0.39 is 11.9 Å². The number of fused-ring (bicyclic) bond motifs is 1. The summed E-state index contributed by atoms with van der Waals surface area (Å²) >= 11 is 0. The van der Waals surface area contributed by atoms with Gasteiger partial charge in [0, 0.05) is 20.2 Å². The van der Waals surface area contributed by atoms with Crippen molar-refractivity contribution in [2.75, 3.05) is 0 Å². The summed E-state index contributed by atoms with van der Waals surface area (Å²) in [5, 5.41) is 3.32. The summed E-state index contributed by atoms with van der Waals surface area (Å²) in [5.41, 5.74) is 0.444. The van der Waals surface area contributed by atoms with Crippen LogP contribution < -0.4 is 5.32 Å². The number of aromatic nitrogens is 2. The normalized spacial score (nSPS) is 21.6. The molecule has 1 aliphatic rings. The standard InChI is InChI=1S/C16H19F3N3OSi/c1-24(2)11-4-3-10(7-11)21-15(23)12-5-9-6-14(16(17,18)19)20-8-13(9)22-12/h5-6,8,10-11,22H,3-4,7H2,1-2H3,(H,21,23). The molecule has 8 heteroatoms. The van der Waals surface area contributed by atoms with E-state index in [-0.39, 0.29) is 26.4 Å².